The maximum atomic E-state index is 11.3. The third-order valence-corrected chi connectivity index (χ3v) is 1.65. The molecular formula is C9H9NO4. The molecule has 0 bridgehead atoms. The number of H-pyrrole nitrogens is 1. The largest absolute Gasteiger partial charge is 0.463 e. The molecule has 0 radical (unpaired) electrons. The summed E-state index contributed by atoms with van der Waals surface area (Å²) in [4.78, 5) is 35.6. The summed E-state index contributed by atoms with van der Waals surface area (Å²) >= 11 is 0. The van der Waals surface area contributed by atoms with Gasteiger partial charge < -0.3 is 9.72 Å². The van der Waals surface area contributed by atoms with E-state index in [-0.39, 0.29) is 0 Å². The van der Waals surface area contributed by atoms with E-state index in [1.54, 1.807) is 6.20 Å². The number of hydrogen-bond donors (Lipinski definition) is 1. The predicted octanol–water partition coefficient (Wildman–Crippen LogP) is 0.330. The van der Waals surface area contributed by atoms with Gasteiger partial charge in [0.05, 0.1) is 13.5 Å². The monoisotopic (exact) mass is 195 g/mol. The number of aromatic nitrogens is 1. The van der Waals surface area contributed by atoms with Crippen LogP contribution in [0.2, 0.25) is 0 Å². The van der Waals surface area contributed by atoms with Crippen molar-refractivity contribution < 1.29 is 19.1 Å². The van der Waals surface area contributed by atoms with E-state index in [4.69, 9.17) is 0 Å². The van der Waals surface area contributed by atoms with Gasteiger partial charge in [-0.2, -0.15) is 0 Å². The molecule has 1 heterocycles. The zero-order valence-corrected chi connectivity index (χ0v) is 7.57. The molecule has 0 atom stereocenters. The molecule has 0 fully saturated rings. The number of carbonyl (C=O) groups is 3. The number of rotatable bonds is 4. The van der Waals surface area contributed by atoms with Gasteiger partial charge in [-0.3, -0.25) is 9.59 Å². The standard InChI is InChI=1S/C9H9NO4/c1-14-9(13)8(12)4-7(11)6-2-3-10-5-6/h2-3,5,10H,4H2,1H3. The van der Waals surface area contributed by atoms with Crippen molar-refractivity contribution in [3.63, 3.8) is 0 Å². The van der Waals surface area contributed by atoms with Crippen LogP contribution < -0.4 is 0 Å². The molecule has 5 heteroatoms. The van der Waals surface area contributed by atoms with Crippen LogP contribution in [0.15, 0.2) is 18.5 Å². The fourth-order valence-electron chi connectivity index (χ4n) is 0.931. The van der Waals surface area contributed by atoms with Gasteiger partial charge in [0.25, 0.3) is 0 Å². The second-order valence-electron chi connectivity index (χ2n) is 2.61. The van der Waals surface area contributed by atoms with Crippen molar-refractivity contribution >= 4 is 17.5 Å². The lowest BCUT2D eigenvalue weighted by Crippen LogP contribution is -2.19. The van der Waals surface area contributed by atoms with Crippen LogP contribution in [0.1, 0.15) is 16.8 Å². The summed E-state index contributed by atoms with van der Waals surface area (Å²) in [6.45, 7) is 0. The Kier molecular flexibility index (Phi) is 3.17. The SMILES string of the molecule is COC(=O)C(=O)CC(=O)c1cc[nH]c1. The number of esters is 1. The zero-order valence-electron chi connectivity index (χ0n) is 7.57. The quantitative estimate of drug-likeness (QED) is 0.325. The molecule has 0 amide bonds. The van der Waals surface area contributed by atoms with Crippen LogP contribution in [0.5, 0.6) is 0 Å². The molecule has 0 saturated carbocycles. The Bertz CT molecular complexity index is 353. The topological polar surface area (TPSA) is 76.2 Å². The minimum atomic E-state index is -0.992. The molecule has 0 unspecified atom stereocenters. The van der Waals surface area contributed by atoms with E-state index in [0.717, 1.165) is 7.11 Å². The lowest BCUT2D eigenvalue weighted by atomic mass is 10.1. The number of hydrogen-bond acceptors (Lipinski definition) is 4. The molecule has 1 rings (SSSR count). The minimum absolute atomic E-state index is 0.377. The van der Waals surface area contributed by atoms with E-state index < -0.39 is 24.0 Å². The maximum absolute atomic E-state index is 11.3. The van der Waals surface area contributed by atoms with Gasteiger partial charge in [0.2, 0.25) is 5.78 Å². The molecule has 0 aliphatic heterocycles. The van der Waals surface area contributed by atoms with Crippen molar-refractivity contribution in [1.29, 1.82) is 0 Å². The van der Waals surface area contributed by atoms with E-state index in [1.165, 1.54) is 12.3 Å². The number of aromatic amines is 1. The van der Waals surface area contributed by atoms with Gasteiger partial charge in [0.15, 0.2) is 5.78 Å². The first-order chi connectivity index (χ1) is 6.65. The molecule has 14 heavy (non-hydrogen) atoms. The van der Waals surface area contributed by atoms with E-state index in [0.29, 0.717) is 5.56 Å². The highest BCUT2D eigenvalue weighted by Crippen LogP contribution is 2.02. The third kappa shape index (κ3) is 2.29. The summed E-state index contributed by atoms with van der Waals surface area (Å²) in [5.74, 6) is -2.23. The fraction of sp³-hybridized carbons (Fsp3) is 0.222. The number of ketones is 2. The first-order valence-corrected chi connectivity index (χ1v) is 3.92. The van der Waals surface area contributed by atoms with Crippen LogP contribution in [0.3, 0.4) is 0 Å². The third-order valence-electron chi connectivity index (χ3n) is 1.65. The Morgan fingerprint density at radius 2 is 2.14 bits per heavy atom. The number of carbonyl (C=O) groups excluding carboxylic acids is 3. The predicted molar refractivity (Wildman–Crippen MR) is 46.8 cm³/mol. The summed E-state index contributed by atoms with van der Waals surface area (Å²) in [5, 5.41) is 0. The average Bonchev–Trinajstić information content (AvgIpc) is 2.69. The molecule has 1 aromatic rings. The second-order valence-corrected chi connectivity index (χ2v) is 2.61. The first kappa shape index (κ1) is 10.2. The van der Waals surface area contributed by atoms with Gasteiger partial charge in [0, 0.05) is 18.0 Å². The van der Waals surface area contributed by atoms with Gasteiger partial charge in [-0.1, -0.05) is 0 Å². The van der Waals surface area contributed by atoms with E-state index >= 15 is 0 Å². The van der Waals surface area contributed by atoms with Gasteiger partial charge >= 0.3 is 5.97 Å². The molecule has 0 aliphatic rings. The molecule has 0 aliphatic carbocycles. The van der Waals surface area contributed by atoms with Gasteiger partial charge in [-0.25, -0.2) is 4.79 Å². The van der Waals surface area contributed by atoms with Crippen molar-refractivity contribution in [3.8, 4) is 0 Å². The zero-order chi connectivity index (χ0) is 10.6. The second kappa shape index (κ2) is 4.36. The van der Waals surface area contributed by atoms with Crippen LogP contribution in [0.25, 0.3) is 0 Å². The van der Waals surface area contributed by atoms with Crippen molar-refractivity contribution in [1.82, 2.24) is 4.98 Å². The van der Waals surface area contributed by atoms with Crippen molar-refractivity contribution in [2.75, 3.05) is 7.11 Å². The summed E-state index contributed by atoms with van der Waals surface area (Å²) in [5.41, 5.74) is 0.377. The number of nitrogens with one attached hydrogen (secondary N) is 1. The number of Topliss-reactive ketones (excluding diaryl/α,β-unsaturated/α-hetero) is 2. The maximum Gasteiger partial charge on any atom is 0.374 e. The van der Waals surface area contributed by atoms with Crippen molar-refractivity contribution in [2.45, 2.75) is 6.42 Å². The van der Waals surface area contributed by atoms with E-state index in [2.05, 4.69) is 9.72 Å². The Labute approximate surface area is 80.1 Å². The number of ether oxygens (including phenoxy) is 1. The molecule has 1 aromatic heterocycles. The Balaban J connectivity index is 2.58. The Morgan fingerprint density at radius 1 is 1.43 bits per heavy atom. The van der Waals surface area contributed by atoms with Crippen molar-refractivity contribution in [3.05, 3.63) is 24.0 Å². The van der Waals surface area contributed by atoms with Crippen LogP contribution in [-0.4, -0.2) is 29.6 Å². The summed E-state index contributed by atoms with van der Waals surface area (Å²) < 4.78 is 4.18. The highest BCUT2D eigenvalue weighted by atomic mass is 16.5. The Hall–Kier alpha value is -1.91. The normalized spacial score (nSPS) is 9.50. The minimum Gasteiger partial charge on any atom is -0.463 e. The van der Waals surface area contributed by atoms with Gasteiger partial charge in [0.1, 0.15) is 0 Å². The highest BCUT2D eigenvalue weighted by molar-refractivity contribution is 6.38. The smallest absolute Gasteiger partial charge is 0.374 e. The molecule has 74 valence electrons. The van der Waals surface area contributed by atoms with Crippen LogP contribution >= 0.6 is 0 Å². The fourth-order valence-corrected chi connectivity index (χ4v) is 0.931. The number of methoxy groups -OCH3 is 1. The molecule has 0 aromatic carbocycles. The molecule has 5 nitrogen and oxygen atoms in total. The van der Waals surface area contributed by atoms with Crippen molar-refractivity contribution in [2.24, 2.45) is 0 Å². The van der Waals surface area contributed by atoms with Crippen LogP contribution in [0.4, 0.5) is 0 Å². The van der Waals surface area contributed by atoms with Crippen LogP contribution in [0, 0.1) is 0 Å². The van der Waals surface area contributed by atoms with Gasteiger partial charge in [-0.05, 0) is 6.07 Å². The van der Waals surface area contributed by atoms with E-state index in [1.807, 2.05) is 0 Å². The van der Waals surface area contributed by atoms with E-state index in [9.17, 15) is 14.4 Å². The highest BCUT2D eigenvalue weighted by Gasteiger charge is 2.19. The van der Waals surface area contributed by atoms with Gasteiger partial charge in [-0.15, -0.1) is 0 Å². The summed E-state index contributed by atoms with van der Waals surface area (Å²) in [7, 11) is 1.10. The average molecular weight is 195 g/mol. The molecule has 1 N–H and O–H groups in total. The molecule has 0 spiro atoms. The Morgan fingerprint density at radius 3 is 2.64 bits per heavy atom. The lowest BCUT2D eigenvalue weighted by molar-refractivity contribution is -0.151. The molecule has 0 saturated heterocycles. The van der Waals surface area contributed by atoms with Crippen LogP contribution in [-0.2, 0) is 14.3 Å². The molecular weight excluding hydrogens is 186 g/mol. The summed E-state index contributed by atoms with van der Waals surface area (Å²) in [6.07, 6.45) is 2.58. The first-order valence-electron chi connectivity index (χ1n) is 3.92. The summed E-state index contributed by atoms with van der Waals surface area (Å²) in [6, 6.07) is 1.53. The lowest BCUT2D eigenvalue weighted by Gasteiger charge is -1.96.